The van der Waals surface area contributed by atoms with Gasteiger partial charge >= 0.3 is 75.7 Å². The molecule has 0 radical (unpaired) electrons. The Morgan fingerprint density at radius 3 is 3.00 bits per heavy atom. The second kappa shape index (κ2) is 5.17. The van der Waals surface area contributed by atoms with Crippen molar-refractivity contribution in [3.63, 3.8) is 0 Å². The van der Waals surface area contributed by atoms with Gasteiger partial charge < -0.3 is 0 Å². The van der Waals surface area contributed by atoms with Crippen molar-refractivity contribution in [3.05, 3.63) is 42.4 Å². The molecule has 0 saturated carbocycles. The molecule has 0 fully saturated rings. The molecule has 0 aromatic rings. The van der Waals surface area contributed by atoms with Crippen LogP contribution in [0, 0.1) is 5.92 Å². The van der Waals surface area contributed by atoms with Crippen LogP contribution in [0.15, 0.2) is 36.5 Å². The van der Waals surface area contributed by atoms with Gasteiger partial charge in [0.1, 0.15) is 0 Å². The van der Waals surface area contributed by atoms with Crippen LogP contribution in [0.1, 0.15) is 12.8 Å². The molecule has 0 unspecified atom stereocenters. The summed E-state index contributed by atoms with van der Waals surface area (Å²) in [6, 6.07) is 0. The van der Waals surface area contributed by atoms with Crippen LogP contribution in [0.25, 0.3) is 0 Å². The molecule has 0 nitrogen and oxygen atoms in total. The fraction of sp³-hybridized carbons (Fsp3) is 0.200. The summed E-state index contributed by atoms with van der Waals surface area (Å²) in [6.45, 7) is 0. The molecule has 59 valence electrons. The van der Waals surface area contributed by atoms with Gasteiger partial charge in [-0.3, -0.25) is 0 Å². The Labute approximate surface area is 76.0 Å². The van der Waals surface area contributed by atoms with E-state index in [1.807, 2.05) is 11.0 Å². The molecular weight excluding hydrogens is 175 g/mol. The van der Waals surface area contributed by atoms with Gasteiger partial charge in [0.2, 0.25) is 0 Å². The number of allylic oxidation sites excluding steroid dienone is 6. The molecular formula is C10H11Mn-. The number of hydrogen-bond acceptors (Lipinski definition) is 0. The molecule has 0 aliphatic heterocycles. The van der Waals surface area contributed by atoms with E-state index in [2.05, 4.69) is 46.0 Å². The van der Waals surface area contributed by atoms with Crippen molar-refractivity contribution >= 4 is 4.92 Å². The van der Waals surface area contributed by atoms with Gasteiger partial charge in [-0.15, -0.1) is 0 Å². The normalized spacial score (nSPS) is 16.2. The Kier molecular flexibility index (Phi) is 4.03. The van der Waals surface area contributed by atoms with Crippen LogP contribution in [-0.4, -0.2) is 4.92 Å². The third-order valence-electron chi connectivity index (χ3n) is 1.55. The standard InChI is InChI=1S/C10H11.Mn/c1-2-3-7-10-8-5-4-6-9-10;/h1-6,8H,7,9H2;/q-1;/b3-2-;. The maximum atomic E-state index is 3.22. The molecule has 0 aromatic carbocycles. The van der Waals surface area contributed by atoms with Gasteiger partial charge in [0, 0.05) is 0 Å². The topological polar surface area (TPSA) is 0 Å². The maximum absolute atomic E-state index is 3.22. The molecule has 1 aliphatic rings. The van der Waals surface area contributed by atoms with Crippen LogP contribution in [0.4, 0.5) is 0 Å². The van der Waals surface area contributed by atoms with E-state index in [4.69, 9.17) is 0 Å². The van der Waals surface area contributed by atoms with Gasteiger partial charge in [-0.1, -0.05) is 0 Å². The molecule has 0 aromatic heterocycles. The molecule has 1 aliphatic carbocycles. The zero-order valence-corrected chi connectivity index (χ0v) is 7.51. The van der Waals surface area contributed by atoms with Crippen LogP contribution in [0.2, 0.25) is 0 Å². The summed E-state index contributed by atoms with van der Waals surface area (Å²) in [7, 11) is 0. The zero-order chi connectivity index (χ0) is 7.94. The molecule has 0 bridgehead atoms. The van der Waals surface area contributed by atoms with Gasteiger partial charge in [-0.2, -0.15) is 0 Å². The molecule has 0 saturated heterocycles. The minimum atomic E-state index is 1.06. The summed E-state index contributed by atoms with van der Waals surface area (Å²) in [4.78, 5) is 1.87. The van der Waals surface area contributed by atoms with Crippen molar-refractivity contribution in [2.45, 2.75) is 12.8 Å². The van der Waals surface area contributed by atoms with Gasteiger partial charge in [0.15, 0.2) is 0 Å². The fourth-order valence-corrected chi connectivity index (χ4v) is 1.14. The molecule has 0 amide bonds. The van der Waals surface area contributed by atoms with E-state index in [1.165, 1.54) is 5.92 Å². The molecule has 0 N–H and O–H groups in total. The Bertz CT molecular complexity index is 199. The first-order chi connectivity index (χ1) is 5.43. The summed E-state index contributed by atoms with van der Waals surface area (Å²) in [5, 5.41) is 0. The number of rotatable bonds is 3. The van der Waals surface area contributed by atoms with E-state index < -0.39 is 0 Å². The average Bonchev–Trinajstić information content (AvgIpc) is 2.07. The Morgan fingerprint density at radius 2 is 2.36 bits per heavy atom. The Morgan fingerprint density at radius 1 is 1.45 bits per heavy atom. The van der Waals surface area contributed by atoms with Gasteiger partial charge in [-0.25, -0.2) is 0 Å². The molecule has 0 spiro atoms. The average molecular weight is 186 g/mol. The predicted octanol–water partition coefficient (Wildman–Crippen LogP) is 2.37. The summed E-state index contributed by atoms with van der Waals surface area (Å²) < 4.78 is 0. The van der Waals surface area contributed by atoms with E-state index in [0.29, 0.717) is 0 Å². The van der Waals surface area contributed by atoms with E-state index in [-0.39, 0.29) is 0 Å². The van der Waals surface area contributed by atoms with Crippen molar-refractivity contribution < 1.29 is 15.6 Å². The third-order valence-corrected chi connectivity index (χ3v) is 1.78. The van der Waals surface area contributed by atoms with Crippen LogP contribution in [-0.2, 0) is 15.6 Å². The second-order valence-corrected chi connectivity index (χ2v) is 2.80. The van der Waals surface area contributed by atoms with Gasteiger partial charge in [-0.05, 0) is 0 Å². The van der Waals surface area contributed by atoms with E-state index in [1.54, 1.807) is 0 Å². The predicted molar refractivity (Wildman–Crippen MR) is 46.0 cm³/mol. The Hall–Kier alpha value is -0.521. The molecule has 0 atom stereocenters. The first-order valence-electron chi connectivity index (χ1n) is 3.70. The summed E-state index contributed by atoms with van der Waals surface area (Å²) in [6.07, 6.45) is 14.9. The molecule has 0 heterocycles. The van der Waals surface area contributed by atoms with Crippen LogP contribution in [0.5, 0.6) is 0 Å². The van der Waals surface area contributed by atoms with E-state index >= 15 is 0 Å². The number of hydrogen-bond donors (Lipinski definition) is 0. The first kappa shape index (κ1) is 8.57. The van der Waals surface area contributed by atoms with E-state index in [0.717, 1.165) is 12.8 Å². The quantitative estimate of drug-likeness (QED) is 0.469. The van der Waals surface area contributed by atoms with Crippen molar-refractivity contribution in [1.82, 2.24) is 0 Å². The van der Waals surface area contributed by atoms with Gasteiger partial charge in [0.05, 0.1) is 0 Å². The van der Waals surface area contributed by atoms with Crippen molar-refractivity contribution in [1.29, 1.82) is 0 Å². The fourth-order valence-electron chi connectivity index (χ4n) is 0.980. The van der Waals surface area contributed by atoms with Crippen molar-refractivity contribution in [3.8, 4) is 0 Å². The van der Waals surface area contributed by atoms with Crippen LogP contribution < -0.4 is 0 Å². The summed E-state index contributed by atoms with van der Waals surface area (Å²) >= 11 is 3.22. The first-order valence-corrected chi connectivity index (χ1v) is 4.38. The zero-order valence-electron chi connectivity index (χ0n) is 6.33. The Balaban J connectivity index is 2.27. The third kappa shape index (κ3) is 3.41. The molecule has 11 heavy (non-hydrogen) atoms. The second-order valence-electron chi connectivity index (χ2n) is 2.41. The summed E-state index contributed by atoms with van der Waals surface area (Å²) in [5.74, 6) is 1.47. The van der Waals surface area contributed by atoms with Crippen molar-refractivity contribution in [2.75, 3.05) is 0 Å². The van der Waals surface area contributed by atoms with Crippen LogP contribution in [0.3, 0.4) is 0 Å². The van der Waals surface area contributed by atoms with E-state index in [9.17, 15) is 0 Å². The summed E-state index contributed by atoms with van der Waals surface area (Å²) in [5.41, 5.74) is 0. The molecule has 1 rings (SSSR count). The minimum absolute atomic E-state index is 1.06. The van der Waals surface area contributed by atoms with Gasteiger partial charge in [0.25, 0.3) is 0 Å². The van der Waals surface area contributed by atoms with Crippen molar-refractivity contribution in [2.24, 2.45) is 0 Å². The van der Waals surface area contributed by atoms with Crippen LogP contribution >= 0.6 is 0 Å². The SMILES string of the molecule is [Mn]=[CH]/C=C\C[C-]1C=CC=CC1. The monoisotopic (exact) mass is 186 g/mol. The molecule has 1 heteroatoms.